The summed E-state index contributed by atoms with van der Waals surface area (Å²) >= 11 is 0. The predicted octanol–water partition coefficient (Wildman–Crippen LogP) is 2.34. The van der Waals surface area contributed by atoms with Gasteiger partial charge in [0.05, 0.1) is 104 Å². The lowest BCUT2D eigenvalue weighted by Crippen LogP contribution is -2.34. The Labute approximate surface area is 250 Å². The molecule has 0 spiro atoms. The summed E-state index contributed by atoms with van der Waals surface area (Å²) in [5.74, 6) is 0. The minimum Gasteiger partial charge on any atom is -0.444 e. The number of carbonyl (C=O) groups is 1. The van der Waals surface area contributed by atoms with Crippen molar-refractivity contribution in [3.05, 3.63) is 29.8 Å². The van der Waals surface area contributed by atoms with Crippen molar-refractivity contribution in [1.82, 2.24) is 5.32 Å². The van der Waals surface area contributed by atoms with E-state index in [0.717, 1.165) is 5.56 Å². The predicted molar refractivity (Wildman–Crippen MR) is 154 cm³/mol. The Kier molecular flexibility index (Phi) is 21.4. The minimum atomic E-state index is -3.77. The summed E-state index contributed by atoms with van der Waals surface area (Å²) in [4.78, 5) is 11.6. The topological polar surface area (TPSA) is 146 Å². The van der Waals surface area contributed by atoms with E-state index in [4.69, 9.17) is 42.1 Å². The largest absolute Gasteiger partial charge is 0.444 e. The van der Waals surface area contributed by atoms with Crippen LogP contribution < -0.4 is 5.32 Å². The molecule has 1 aromatic rings. The molecule has 1 amide bonds. The van der Waals surface area contributed by atoms with Crippen LogP contribution in [0.2, 0.25) is 0 Å². The Morgan fingerprint density at radius 2 is 0.976 bits per heavy atom. The molecule has 14 heteroatoms. The standard InChI is InChI=1S/C28H49NO12S/c1-25-5-7-26(8-6-25)42(31,32)40-24-23-39-22-21-38-20-19-37-18-17-36-16-15-35-14-13-34-12-11-33-10-9-29-27(30)41-28(2,3)4/h5-8H,9-24H2,1-4H3,(H,29,30). The van der Waals surface area contributed by atoms with Crippen LogP contribution in [0.3, 0.4) is 0 Å². The molecule has 0 fully saturated rings. The summed E-state index contributed by atoms with van der Waals surface area (Å²) in [6.45, 7) is 13.3. The summed E-state index contributed by atoms with van der Waals surface area (Å²) in [6, 6.07) is 6.47. The number of nitrogens with one attached hydrogen (secondary N) is 1. The molecular formula is C28H49NO12S. The molecular weight excluding hydrogens is 574 g/mol. The van der Waals surface area contributed by atoms with E-state index in [2.05, 4.69) is 5.32 Å². The molecule has 244 valence electrons. The maximum absolute atomic E-state index is 12.1. The van der Waals surface area contributed by atoms with Gasteiger partial charge in [0.2, 0.25) is 0 Å². The highest BCUT2D eigenvalue weighted by atomic mass is 32.2. The van der Waals surface area contributed by atoms with Crippen LogP contribution in [0.1, 0.15) is 26.3 Å². The van der Waals surface area contributed by atoms with Crippen molar-refractivity contribution in [1.29, 1.82) is 0 Å². The van der Waals surface area contributed by atoms with Crippen molar-refractivity contribution in [3.63, 3.8) is 0 Å². The molecule has 0 aliphatic carbocycles. The number of benzene rings is 1. The van der Waals surface area contributed by atoms with E-state index in [1.165, 1.54) is 12.1 Å². The zero-order chi connectivity index (χ0) is 30.9. The van der Waals surface area contributed by atoms with Crippen molar-refractivity contribution in [2.45, 2.75) is 38.2 Å². The second-order valence-electron chi connectivity index (χ2n) is 9.80. The monoisotopic (exact) mass is 623 g/mol. The van der Waals surface area contributed by atoms with E-state index >= 15 is 0 Å². The highest BCUT2D eigenvalue weighted by Crippen LogP contribution is 2.13. The van der Waals surface area contributed by atoms with Gasteiger partial charge in [-0.25, -0.2) is 4.79 Å². The Morgan fingerprint density at radius 3 is 1.36 bits per heavy atom. The fourth-order valence-corrected chi connectivity index (χ4v) is 3.83. The van der Waals surface area contributed by atoms with E-state index in [1.807, 2.05) is 27.7 Å². The van der Waals surface area contributed by atoms with Gasteiger partial charge in [-0.3, -0.25) is 4.18 Å². The lowest BCUT2D eigenvalue weighted by atomic mass is 10.2. The molecule has 1 rings (SSSR count). The first kappa shape index (κ1) is 38.1. The first-order valence-electron chi connectivity index (χ1n) is 14.1. The molecule has 0 saturated carbocycles. The number of hydrogen-bond acceptors (Lipinski definition) is 12. The lowest BCUT2D eigenvalue weighted by Gasteiger charge is -2.19. The summed E-state index contributed by atoms with van der Waals surface area (Å²) in [7, 11) is -3.77. The maximum atomic E-state index is 12.1. The second-order valence-corrected chi connectivity index (χ2v) is 11.4. The molecule has 1 aromatic carbocycles. The highest BCUT2D eigenvalue weighted by molar-refractivity contribution is 7.86. The van der Waals surface area contributed by atoms with Crippen LogP contribution in [0.5, 0.6) is 0 Å². The molecule has 42 heavy (non-hydrogen) atoms. The van der Waals surface area contributed by atoms with Crippen molar-refractivity contribution in [3.8, 4) is 0 Å². The van der Waals surface area contributed by atoms with Gasteiger partial charge in [-0.05, 0) is 39.8 Å². The minimum absolute atomic E-state index is 0.0627. The summed E-state index contributed by atoms with van der Waals surface area (Å²) in [5, 5.41) is 2.62. The van der Waals surface area contributed by atoms with Crippen LogP contribution in [0.4, 0.5) is 4.79 Å². The normalized spacial score (nSPS) is 12.0. The average Bonchev–Trinajstić information content (AvgIpc) is 2.92. The Balaban J connectivity index is 1.74. The van der Waals surface area contributed by atoms with Crippen LogP contribution in [-0.2, 0) is 52.2 Å². The molecule has 0 aliphatic heterocycles. The van der Waals surface area contributed by atoms with E-state index in [9.17, 15) is 13.2 Å². The first-order valence-corrected chi connectivity index (χ1v) is 15.5. The molecule has 1 N–H and O–H groups in total. The molecule has 0 aromatic heterocycles. The van der Waals surface area contributed by atoms with Crippen molar-refractivity contribution in [2.75, 3.05) is 106 Å². The molecule has 0 unspecified atom stereocenters. The highest BCUT2D eigenvalue weighted by Gasteiger charge is 2.15. The van der Waals surface area contributed by atoms with Crippen LogP contribution >= 0.6 is 0 Å². The van der Waals surface area contributed by atoms with Crippen LogP contribution in [0, 0.1) is 6.92 Å². The second kappa shape index (κ2) is 23.6. The molecule has 0 aliphatic rings. The number of aryl methyl sites for hydroxylation is 1. The summed E-state index contributed by atoms with van der Waals surface area (Å²) in [6.07, 6.45) is -0.461. The van der Waals surface area contributed by atoms with Gasteiger partial charge in [0, 0.05) is 6.54 Å². The number of amides is 1. The van der Waals surface area contributed by atoms with E-state index < -0.39 is 21.8 Å². The Morgan fingerprint density at radius 1 is 0.619 bits per heavy atom. The van der Waals surface area contributed by atoms with Gasteiger partial charge in [-0.15, -0.1) is 0 Å². The van der Waals surface area contributed by atoms with Crippen molar-refractivity contribution < 1.29 is 55.3 Å². The first-order chi connectivity index (χ1) is 20.1. The lowest BCUT2D eigenvalue weighted by molar-refractivity contribution is -0.0211. The van der Waals surface area contributed by atoms with Crippen molar-refractivity contribution in [2.24, 2.45) is 0 Å². The Bertz CT molecular complexity index is 906. The molecule has 0 atom stereocenters. The molecule has 0 radical (unpaired) electrons. The molecule has 0 saturated heterocycles. The number of alkyl carbamates (subject to hydrolysis) is 1. The fraction of sp³-hybridized carbons (Fsp3) is 0.750. The quantitative estimate of drug-likeness (QED) is 0.119. The van der Waals surface area contributed by atoms with E-state index in [-0.39, 0.29) is 18.1 Å². The smallest absolute Gasteiger partial charge is 0.407 e. The number of ether oxygens (including phenoxy) is 8. The third-order valence-corrected chi connectivity index (χ3v) is 6.25. The van der Waals surface area contributed by atoms with Gasteiger partial charge in [-0.1, -0.05) is 17.7 Å². The fourth-order valence-electron chi connectivity index (χ4n) is 2.94. The third kappa shape index (κ3) is 22.7. The average molecular weight is 624 g/mol. The van der Waals surface area contributed by atoms with Gasteiger partial charge in [0.1, 0.15) is 5.60 Å². The van der Waals surface area contributed by atoms with Crippen LogP contribution in [0.25, 0.3) is 0 Å². The maximum Gasteiger partial charge on any atom is 0.407 e. The molecule has 0 bridgehead atoms. The van der Waals surface area contributed by atoms with Crippen LogP contribution in [0.15, 0.2) is 29.2 Å². The number of carbonyl (C=O) groups excluding carboxylic acids is 1. The molecule has 0 heterocycles. The number of hydrogen-bond donors (Lipinski definition) is 1. The third-order valence-electron chi connectivity index (χ3n) is 4.92. The molecule has 13 nitrogen and oxygen atoms in total. The van der Waals surface area contributed by atoms with Crippen molar-refractivity contribution >= 4 is 16.2 Å². The van der Waals surface area contributed by atoms with Gasteiger partial charge in [0.25, 0.3) is 10.1 Å². The number of rotatable bonds is 26. The zero-order valence-electron chi connectivity index (χ0n) is 25.4. The van der Waals surface area contributed by atoms with Gasteiger partial charge >= 0.3 is 6.09 Å². The van der Waals surface area contributed by atoms with Gasteiger partial charge in [0.15, 0.2) is 0 Å². The van der Waals surface area contributed by atoms with E-state index in [0.29, 0.717) is 92.4 Å². The Hall–Kier alpha value is -1.88. The van der Waals surface area contributed by atoms with Gasteiger partial charge in [-0.2, -0.15) is 8.42 Å². The van der Waals surface area contributed by atoms with Crippen LogP contribution in [-0.4, -0.2) is 126 Å². The zero-order valence-corrected chi connectivity index (χ0v) is 26.2. The summed E-state index contributed by atoms with van der Waals surface area (Å²) in [5.41, 5.74) is 0.454. The van der Waals surface area contributed by atoms with Gasteiger partial charge < -0.3 is 43.2 Å². The SMILES string of the molecule is Cc1ccc(S(=O)(=O)OCCOCCOCCOCCOCCOCCOCCOCCNC(=O)OC(C)(C)C)cc1. The summed E-state index contributed by atoms with van der Waals surface area (Å²) < 4.78 is 72.0. The van der Waals surface area contributed by atoms with E-state index in [1.54, 1.807) is 12.1 Å².